The molecule has 3 aliphatic heterocycles. The van der Waals surface area contributed by atoms with Gasteiger partial charge in [0.05, 0.1) is 11.7 Å². The zero-order valence-electron chi connectivity index (χ0n) is 17.5. The van der Waals surface area contributed by atoms with Crippen LogP contribution in [0, 0.1) is 5.41 Å². The maximum atomic E-state index is 13.5. The molecule has 0 saturated carbocycles. The zero-order valence-corrected chi connectivity index (χ0v) is 18.3. The Balaban J connectivity index is 1.45. The second-order valence-electron chi connectivity index (χ2n) is 9.03. The largest absolute Gasteiger partial charge is 0.337 e. The second kappa shape index (κ2) is 7.63. The number of nitrogens with zero attached hydrogens (tertiary/aromatic N) is 4. The molecular weight excluding hydrogens is 388 g/mol. The first-order chi connectivity index (χ1) is 13.8. The number of likely N-dealkylation sites (tertiary alicyclic amines) is 2. The Morgan fingerprint density at radius 2 is 1.79 bits per heavy atom. The molecule has 0 bridgehead atoms. The van der Waals surface area contributed by atoms with E-state index in [0.717, 1.165) is 51.7 Å². The third kappa shape index (κ3) is 3.82. The predicted molar refractivity (Wildman–Crippen MR) is 112 cm³/mol. The Hall–Kier alpha value is -1.51. The molecule has 1 aromatic heterocycles. The fourth-order valence-electron chi connectivity index (χ4n) is 5.74. The number of rotatable bonds is 4. The van der Waals surface area contributed by atoms with E-state index in [1.165, 1.54) is 11.8 Å². The van der Waals surface area contributed by atoms with Gasteiger partial charge in [-0.25, -0.2) is 12.7 Å². The van der Waals surface area contributed by atoms with Gasteiger partial charge in [-0.15, -0.1) is 0 Å². The van der Waals surface area contributed by atoms with Crippen molar-refractivity contribution in [2.75, 3.05) is 39.0 Å². The second-order valence-corrected chi connectivity index (χ2v) is 11.0. The third-order valence-corrected chi connectivity index (χ3v) is 8.62. The van der Waals surface area contributed by atoms with Crippen LogP contribution >= 0.6 is 0 Å². The summed E-state index contributed by atoms with van der Waals surface area (Å²) in [5, 5.41) is 0. The number of aromatic nitrogens is 1. The van der Waals surface area contributed by atoms with Gasteiger partial charge in [0.25, 0.3) is 0 Å². The first-order valence-electron chi connectivity index (χ1n) is 10.7. The van der Waals surface area contributed by atoms with Crippen LogP contribution < -0.4 is 0 Å². The number of piperidine rings is 2. The number of carbonyl (C=O) groups excluding carboxylic acids is 1. The highest BCUT2D eigenvalue weighted by Gasteiger charge is 2.59. The molecule has 1 amide bonds. The molecule has 0 N–H and O–H groups in total. The van der Waals surface area contributed by atoms with Crippen molar-refractivity contribution < 1.29 is 13.2 Å². The average molecular weight is 421 g/mol. The molecule has 3 aliphatic rings. The summed E-state index contributed by atoms with van der Waals surface area (Å²) in [5.74, 6) is 0.300. The Bertz CT molecular complexity index is 842. The smallest absolute Gasteiger partial charge is 0.229 e. The number of carbonyl (C=O) groups is 1. The molecule has 29 heavy (non-hydrogen) atoms. The third-order valence-electron chi connectivity index (χ3n) is 7.32. The van der Waals surface area contributed by atoms with Gasteiger partial charge in [-0.2, -0.15) is 0 Å². The molecule has 7 nitrogen and oxygen atoms in total. The van der Waals surface area contributed by atoms with Crippen molar-refractivity contribution in [1.29, 1.82) is 0 Å². The molecule has 0 radical (unpaired) electrons. The molecule has 0 atom stereocenters. The van der Waals surface area contributed by atoms with Crippen LogP contribution in [0.3, 0.4) is 0 Å². The standard InChI is InChI=1S/C21H32N4O3S/c1-3-25-19(26)20(17-21(25)8-13-24(14-9-21)29(2,27)28)6-11-23(12-7-20)16-18-5-4-10-22-15-18/h4-5,10,15H,3,6-9,11-14,16-17H2,1-2H3. The average Bonchev–Trinajstić information content (AvgIpc) is 2.91. The van der Waals surface area contributed by atoms with Crippen molar-refractivity contribution in [3.63, 3.8) is 0 Å². The van der Waals surface area contributed by atoms with E-state index in [-0.39, 0.29) is 11.0 Å². The molecule has 3 saturated heterocycles. The summed E-state index contributed by atoms with van der Waals surface area (Å²) >= 11 is 0. The molecule has 4 rings (SSSR count). The van der Waals surface area contributed by atoms with Crippen molar-refractivity contribution in [2.45, 2.75) is 51.1 Å². The summed E-state index contributed by atoms with van der Waals surface area (Å²) in [6.45, 7) is 6.52. The first-order valence-corrected chi connectivity index (χ1v) is 12.5. The van der Waals surface area contributed by atoms with Gasteiger partial charge in [0, 0.05) is 44.1 Å². The number of amides is 1. The lowest BCUT2D eigenvalue weighted by molar-refractivity contribution is -0.140. The molecule has 0 aliphatic carbocycles. The van der Waals surface area contributed by atoms with Gasteiger partial charge in [0.2, 0.25) is 15.9 Å². The maximum Gasteiger partial charge on any atom is 0.229 e. The highest BCUT2D eigenvalue weighted by atomic mass is 32.2. The van der Waals surface area contributed by atoms with Crippen LogP contribution in [0.15, 0.2) is 24.5 Å². The molecule has 160 valence electrons. The van der Waals surface area contributed by atoms with Crippen LogP contribution in [0.5, 0.6) is 0 Å². The number of hydrogen-bond donors (Lipinski definition) is 0. The minimum atomic E-state index is -3.16. The lowest BCUT2D eigenvalue weighted by Gasteiger charge is -2.44. The predicted octanol–water partition coefficient (Wildman–Crippen LogP) is 1.71. The van der Waals surface area contributed by atoms with Crippen molar-refractivity contribution in [3.05, 3.63) is 30.1 Å². The lowest BCUT2D eigenvalue weighted by atomic mass is 9.71. The van der Waals surface area contributed by atoms with Gasteiger partial charge in [-0.05, 0) is 63.7 Å². The number of sulfonamides is 1. The maximum absolute atomic E-state index is 13.5. The van der Waals surface area contributed by atoms with Gasteiger partial charge >= 0.3 is 0 Å². The molecule has 8 heteroatoms. The van der Waals surface area contributed by atoms with Crippen molar-refractivity contribution in [3.8, 4) is 0 Å². The van der Waals surface area contributed by atoms with E-state index in [0.29, 0.717) is 25.5 Å². The normalized spacial score (nSPS) is 25.2. The van der Waals surface area contributed by atoms with Crippen LogP contribution in [0.4, 0.5) is 0 Å². The van der Waals surface area contributed by atoms with Gasteiger partial charge < -0.3 is 4.90 Å². The molecule has 2 spiro atoms. The number of pyridine rings is 1. The Morgan fingerprint density at radius 1 is 1.10 bits per heavy atom. The fraction of sp³-hybridized carbons (Fsp3) is 0.714. The quantitative estimate of drug-likeness (QED) is 0.741. The molecule has 3 fully saturated rings. The van der Waals surface area contributed by atoms with Crippen LogP contribution in [-0.4, -0.2) is 77.9 Å². The van der Waals surface area contributed by atoms with Crippen molar-refractivity contribution in [1.82, 2.24) is 19.1 Å². The van der Waals surface area contributed by atoms with E-state index in [4.69, 9.17) is 0 Å². The molecular formula is C21H32N4O3S. The van der Waals surface area contributed by atoms with E-state index in [1.807, 2.05) is 12.3 Å². The first kappa shape index (κ1) is 20.8. The zero-order chi connectivity index (χ0) is 20.7. The minimum absolute atomic E-state index is 0.168. The minimum Gasteiger partial charge on any atom is -0.337 e. The highest BCUT2D eigenvalue weighted by Crippen LogP contribution is 2.52. The number of hydrogen-bond acceptors (Lipinski definition) is 5. The van der Waals surface area contributed by atoms with Gasteiger partial charge in [0.15, 0.2) is 0 Å². The summed E-state index contributed by atoms with van der Waals surface area (Å²) in [5.41, 5.74) is 0.772. The van der Waals surface area contributed by atoms with Crippen molar-refractivity contribution >= 4 is 15.9 Å². The Labute approximate surface area is 174 Å². The van der Waals surface area contributed by atoms with E-state index in [1.54, 1.807) is 10.5 Å². The topological polar surface area (TPSA) is 73.8 Å². The van der Waals surface area contributed by atoms with Crippen molar-refractivity contribution in [2.24, 2.45) is 5.41 Å². The SMILES string of the molecule is CCN1C(=O)C2(CCN(Cc3cccnc3)CC2)CC12CCN(S(C)(=O)=O)CC2. The lowest BCUT2D eigenvalue weighted by Crippen LogP contribution is -2.53. The highest BCUT2D eigenvalue weighted by molar-refractivity contribution is 7.88. The molecule has 1 aromatic rings. The Morgan fingerprint density at radius 3 is 2.34 bits per heavy atom. The summed E-state index contributed by atoms with van der Waals surface area (Å²) in [6.07, 6.45) is 9.14. The van der Waals surface area contributed by atoms with Crippen LogP contribution in [0.25, 0.3) is 0 Å². The fourth-order valence-corrected chi connectivity index (χ4v) is 6.59. The summed E-state index contributed by atoms with van der Waals surface area (Å²) < 4.78 is 25.4. The van der Waals surface area contributed by atoms with Crippen LogP contribution in [0.2, 0.25) is 0 Å². The van der Waals surface area contributed by atoms with E-state index >= 15 is 0 Å². The van der Waals surface area contributed by atoms with Gasteiger partial charge in [-0.1, -0.05) is 6.07 Å². The van der Waals surface area contributed by atoms with Crippen LogP contribution in [-0.2, 0) is 21.4 Å². The molecule has 0 aromatic carbocycles. The van der Waals surface area contributed by atoms with E-state index in [9.17, 15) is 13.2 Å². The van der Waals surface area contributed by atoms with E-state index in [2.05, 4.69) is 27.8 Å². The van der Waals surface area contributed by atoms with Gasteiger partial charge in [-0.3, -0.25) is 14.7 Å². The molecule has 4 heterocycles. The monoisotopic (exact) mass is 420 g/mol. The summed E-state index contributed by atoms with van der Waals surface area (Å²) in [4.78, 5) is 22.2. The summed E-state index contributed by atoms with van der Waals surface area (Å²) in [7, 11) is -3.16. The Kier molecular flexibility index (Phi) is 5.46. The molecule has 0 unspecified atom stereocenters. The summed E-state index contributed by atoms with van der Waals surface area (Å²) in [6, 6.07) is 4.06. The van der Waals surface area contributed by atoms with E-state index < -0.39 is 10.0 Å². The van der Waals surface area contributed by atoms with Gasteiger partial charge in [0.1, 0.15) is 0 Å². The van der Waals surface area contributed by atoms with Crippen LogP contribution in [0.1, 0.15) is 44.6 Å².